The van der Waals surface area contributed by atoms with E-state index in [1.54, 1.807) is 14.2 Å². The predicted octanol–water partition coefficient (Wildman–Crippen LogP) is 3.91. The Bertz CT molecular complexity index is 606. The van der Waals surface area contributed by atoms with Crippen LogP contribution < -0.4 is 15.2 Å². The molecule has 0 amide bonds. The lowest BCUT2D eigenvalue weighted by atomic mass is 9.97. The van der Waals surface area contributed by atoms with Crippen LogP contribution >= 0.6 is 11.6 Å². The summed E-state index contributed by atoms with van der Waals surface area (Å²) in [5.41, 5.74) is 9.38. The van der Waals surface area contributed by atoms with Crippen molar-refractivity contribution in [1.29, 1.82) is 0 Å². The molecule has 0 aliphatic rings. The molecule has 0 aromatic heterocycles. The van der Waals surface area contributed by atoms with E-state index in [1.165, 1.54) is 0 Å². The van der Waals surface area contributed by atoms with E-state index in [2.05, 4.69) is 0 Å². The molecule has 0 saturated heterocycles. The fourth-order valence-corrected chi connectivity index (χ4v) is 2.71. The second-order valence-corrected chi connectivity index (χ2v) is 5.39. The number of benzene rings is 2. The number of nitrogens with two attached hydrogens (primary N) is 1. The van der Waals surface area contributed by atoms with E-state index in [1.807, 2.05) is 43.3 Å². The molecule has 0 heterocycles. The Kier molecular flexibility index (Phi) is 5.10. The Labute approximate surface area is 130 Å². The van der Waals surface area contributed by atoms with Gasteiger partial charge in [0.25, 0.3) is 0 Å². The predicted molar refractivity (Wildman–Crippen MR) is 86.4 cm³/mol. The van der Waals surface area contributed by atoms with Crippen molar-refractivity contribution in [3.8, 4) is 11.5 Å². The minimum Gasteiger partial charge on any atom is -0.496 e. The number of aryl methyl sites for hydroxylation is 1. The highest BCUT2D eigenvalue weighted by atomic mass is 35.5. The molecule has 0 radical (unpaired) electrons. The van der Waals surface area contributed by atoms with Gasteiger partial charge in [0.2, 0.25) is 0 Å². The Morgan fingerprint density at radius 2 is 1.71 bits per heavy atom. The molecule has 112 valence electrons. The molecule has 1 unspecified atom stereocenters. The van der Waals surface area contributed by atoms with E-state index in [4.69, 9.17) is 26.8 Å². The van der Waals surface area contributed by atoms with E-state index < -0.39 is 0 Å². The highest BCUT2D eigenvalue weighted by molar-refractivity contribution is 6.31. The van der Waals surface area contributed by atoms with Gasteiger partial charge >= 0.3 is 0 Å². The summed E-state index contributed by atoms with van der Waals surface area (Å²) in [5, 5.41) is 0.735. The third-order valence-corrected chi connectivity index (χ3v) is 3.84. The molecule has 0 spiro atoms. The second kappa shape index (κ2) is 6.83. The van der Waals surface area contributed by atoms with Crippen molar-refractivity contribution in [3.63, 3.8) is 0 Å². The lowest BCUT2D eigenvalue weighted by Crippen LogP contribution is -2.16. The molecular formula is C17H20ClNO2. The first-order chi connectivity index (χ1) is 10.1. The molecule has 2 aromatic carbocycles. The number of methoxy groups -OCH3 is 2. The molecule has 3 nitrogen and oxygen atoms in total. The monoisotopic (exact) mass is 305 g/mol. The molecule has 0 aliphatic heterocycles. The summed E-state index contributed by atoms with van der Waals surface area (Å²) in [7, 11) is 3.26. The summed E-state index contributed by atoms with van der Waals surface area (Å²) in [5.74, 6) is 1.45. The Hall–Kier alpha value is -1.71. The summed E-state index contributed by atoms with van der Waals surface area (Å²) < 4.78 is 10.8. The average Bonchev–Trinajstić information content (AvgIpc) is 2.49. The largest absolute Gasteiger partial charge is 0.496 e. The zero-order chi connectivity index (χ0) is 15.4. The van der Waals surface area contributed by atoms with Gasteiger partial charge in [0.1, 0.15) is 11.5 Å². The van der Waals surface area contributed by atoms with Crippen LogP contribution in [0.4, 0.5) is 0 Å². The third kappa shape index (κ3) is 3.49. The molecule has 21 heavy (non-hydrogen) atoms. The van der Waals surface area contributed by atoms with Crippen molar-refractivity contribution in [3.05, 3.63) is 58.1 Å². The number of hydrogen-bond donors (Lipinski definition) is 1. The number of rotatable bonds is 5. The van der Waals surface area contributed by atoms with Gasteiger partial charge in [0.15, 0.2) is 0 Å². The van der Waals surface area contributed by atoms with Crippen LogP contribution in [-0.4, -0.2) is 14.2 Å². The van der Waals surface area contributed by atoms with Crippen LogP contribution in [-0.2, 0) is 6.42 Å². The lowest BCUT2D eigenvalue weighted by Gasteiger charge is -2.19. The normalized spacial score (nSPS) is 12.0. The van der Waals surface area contributed by atoms with Gasteiger partial charge < -0.3 is 15.2 Å². The highest BCUT2D eigenvalue weighted by Crippen LogP contribution is 2.35. The van der Waals surface area contributed by atoms with Crippen LogP contribution in [0.2, 0.25) is 5.02 Å². The van der Waals surface area contributed by atoms with Crippen molar-refractivity contribution in [2.24, 2.45) is 5.73 Å². The summed E-state index contributed by atoms with van der Waals surface area (Å²) in [4.78, 5) is 0. The van der Waals surface area contributed by atoms with Crippen LogP contribution in [0.5, 0.6) is 11.5 Å². The number of hydrogen-bond acceptors (Lipinski definition) is 3. The Morgan fingerprint density at radius 1 is 1.10 bits per heavy atom. The summed E-state index contributed by atoms with van der Waals surface area (Å²) >= 11 is 6.29. The van der Waals surface area contributed by atoms with E-state index in [0.717, 1.165) is 33.2 Å². The maximum Gasteiger partial charge on any atom is 0.127 e. The summed E-state index contributed by atoms with van der Waals surface area (Å²) in [6.45, 7) is 2.01. The second-order valence-electron chi connectivity index (χ2n) is 4.98. The SMILES string of the molecule is COc1cccc(OC)c1C(N)Cc1ccc(C)cc1Cl. The summed E-state index contributed by atoms with van der Waals surface area (Å²) in [6, 6.07) is 11.4. The van der Waals surface area contributed by atoms with Gasteiger partial charge in [-0.2, -0.15) is 0 Å². The first-order valence-corrected chi connectivity index (χ1v) is 7.16. The van der Waals surface area contributed by atoms with Gasteiger partial charge in [-0.1, -0.05) is 29.8 Å². The molecule has 1 atom stereocenters. The van der Waals surface area contributed by atoms with Gasteiger partial charge in [-0.15, -0.1) is 0 Å². The van der Waals surface area contributed by atoms with Crippen molar-refractivity contribution in [1.82, 2.24) is 0 Å². The van der Waals surface area contributed by atoms with Crippen LogP contribution in [0.1, 0.15) is 22.7 Å². The fraction of sp³-hybridized carbons (Fsp3) is 0.294. The molecule has 2 rings (SSSR count). The minimum absolute atomic E-state index is 0.253. The van der Waals surface area contributed by atoms with Crippen LogP contribution in [0.3, 0.4) is 0 Å². The van der Waals surface area contributed by atoms with E-state index >= 15 is 0 Å². The Balaban J connectivity index is 2.33. The molecule has 2 aromatic rings. The average molecular weight is 306 g/mol. The third-order valence-electron chi connectivity index (χ3n) is 3.49. The van der Waals surface area contributed by atoms with Gasteiger partial charge in [0, 0.05) is 11.1 Å². The van der Waals surface area contributed by atoms with Crippen molar-refractivity contribution >= 4 is 11.6 Å². The highest BCUT2D eigenvalue weighted by Gasteiger charge is 2.18. The first kappa shape index (κ1) is 15.7. The van der Waals surface area contributed by atoms with Crippen molar-refractivity contribution in [2.75, 3.05) is 14.2 Å². The van der Waals surface area contributed by atoms with Gasteiger partial charge in [-0.25, -0.2) is 0 Å². The lowest BCUT2D eigenvalue weighted by molar-refractivity contribution is 0.379. The zero-order valence-corrected chi connectivity index (χ0v) is 13.3. The Morgan fingerprint density at radius 3 is 2.24 bits per heavy atom. The van der Waals surface area contributed by atoms with E-state index in [0.29, 0.717) is 6.42 Å². The first-order valence-electron chi connectivity index (χ1n) is 6.78. The van der Waals surface area contributed by atoms with E-state index in [9.17, 15) is 0 Å². The van der Waals surface area contributed by atoms with E-state index in [-0.39, 0.29) is 6.04 Å². The van der Waals surface area contributed by atoms with Crippen LogP contribution in [0.15, 0.2) is 36.4 Å². The molecule has 4 heteroatoms. The number of halogens is 1. The van der Waals surface area contributed by atoms with Crippen LogP contribution in [0, 0.1) is 6.92 Å². The molecule has 0 aliphatic carbocycles. The molecule has 0 fully saturated rings. The van der Waals surface area contributed by atoms with Gasteiger partial charge in [-0.05, 0) is 42.7 Å². The molecular weight excluding hydrogens is 286 g/mol. The summed E-state index contributed by atoms with van der Waals surface area (Å²) in [6.07, 6.45) is 0.621. The fourth-order valence-electron chi connectivity index (χ4n) is 2.40. The van der Waals surface area contributed by atoms with Crippen molar-refractivity contribution in [2.45, 2.75) is 19.4 Å². The molecule has 2 N–H and O–H groups in total. The molecule has 0 bridgehead atoms. The quantitative estimate of drug-likeness (QED) is 0.911. The standard InChI is InChI=1S/C17H20ClNO2/c1-11-7-8-12(13(18)9-11)10-14(19)17-15(20-2)5-4-6-16(17)21-3/h4-9,14H,10,19H2,1-3H3. The van der Waals surface area contributed by atoms with Crippen molar-refractivity contribution < 1.29 is 9.47 Å². The van der Waals surface area contributed by atoms with Gasteiger partial charge in [0.05, 0.1) is 19.8 Å². The van der Waals surface area contributed by atoms with Gasteiger partial charge in [-0.3, -0.25) is 0 Å². The maximum absolute atomic E-state index is 6.37. The maximum atomic E-state index is 6.37. The topological polar surface area (TPSA) is 44.5 Å². The zero-order valence-electron chi connectivity index (χ0n) is 12.5. The smallest absolute Gasteiger partial charge is 0.127 e. The minimum atomic E-state index is -0.253. The van der Waals surface area contributed by atoms with Crippen LogP contribution in [0.25, 0.3) is 0 Å². The number of ether oxygens (including phenoxy) is 2. The molecule has 0 saturated carbocycles.